The number of nitrogens with one attached hydrogen (secondary N) is 4. The third kappa shape index (κ3) is 17.6. The number of amides is 4. The van der Waals surface area contributed by atoms with Gasteiger partial charge in [-0.2, -0.15) is 0 Å². The Balaban J connectivity index is 1.95. The maximum Gasteiger partial charge on any atom is 0.419 e. The first-order valence-corrected chi connectivity index (χ1v) is 22.0. The summed E-state index contributed by atoms with van der Waals surface area (Å²) in [6, 6.07) is 8.07. The number of aromatic nitrogens is 1. The van der Waals surface area contributed by atoms with Gasteiger partial charge in [0.15, 0.2) is 0 Å². The number of para-hydroxylation sites is 1. The number of nitrogens with two attached hydrogens (primary N) is 1. The predicted octanol–water partition coefficient (Wildman–Crippen LogP) is 5.65. The number of carboxylic acids is 1. The van der Waals surface area contributed by atoms with Crippen LogP contribution in [0.25, 0.3) is 10.9 Å². The third-order valence-electron chi connectivity index (χ3n) is 9.56. The van der Waals surface area contributed by atoms with E-state index in [9.17, 15) is 33.9 Å². The van der Waals surface area contributed by atoms with E-state index in [4.69, 9.17) is 19.9 Å². The van der Waals surface area contributed by atoms with Gasteiger partial charge in [0.2, 0.25) is 23.6 Å². The summed E-state index contributed by atoms with van der Waals surface area (Å²) in [5.41, 5.74) is 6.37. The Bertz CT molecular complexity index is 2070. The summed E-state index contributed by atoms with van der Waals surface area (Å²) in [4.78, 5) is 81.4. The van der Waals surface area contributed by atoms with Crippen molar-refractivity contribution in [3.63, 3.8) is 0 Å². The molecule has 64 heavy (non-hydrogen) atoms. The molecule has 0 aliphatic carbocycles. The van der Waals surface area contributed by atoms with Crippen molar-refractivity contribution in [1.82, 2.24) is 25.8 Å². The molecule has 5 atom stereocenters. The van der Waals surface area contributed by atoms with Crippen molar-refractivity contribution in [2.75, 3.05) is 6.61 Å². The molecule has 4 amide bonds. The SMILES string of the molecule is CC(C)C[C@H](NC(=O)[C@@H](CC(C)C)NC(=O)[C@H](Cc1ccc(OC(C)(C)C)cc1)NC(=O)[C@H](COC(C)(C)C)NC(=O)[C@@H](N)Cc1cn(C(=O)OC(C)(C)C)c2ccccc12)C(=O)O. The van der Waals surface area contributed by atoms with Crippen LogP contribution in [0.15, 0.2) is 54.7 Å². The first-order chi connectivity index (χ1) is 29.5. The minimum absolute atomic E-state index is 0.00419. The lowest BCUT2D eigenvalue weighted by Crippen LogP contribution is -2.60. The zero-order valence-corrected chi connectivity index (χ0v) is 39.9. The van der Waals surface area contributed by atoms with Gasteiger partial charge < -0.3 is 46.3 Å². The van der Waals surface area contributed by atoms with E-state index in [1.54, 1.807) is 90.2 Å². The first kappa shape index (κ1) is 52.9. The van der Waals surface area contributed by atoms with Crippen molar-refractivity contribution in [3.8, 4) is 5.75 Å². The van der Waals surface area contributed by atoms with E-state index < -0.39 is 82.7 Å². The molecule has 354 valence electrons. The number of hydrogen-bond donors (Lipinski definition) is 6. The maximum atomic E-state index is 14.3. The molecular weight excluding hydrogens is 821 g/mol. The second-order valence-corrected chi connectivity index (χ2v) is 20.2. The van der Waals surface area contributed by atoms with E-state index in [1.165, 1.54) is 4.57 Å². The lowest BCUT2D eigenvalue weighted by Gasteiger charge is -2.28. The summed E-state index contributed by atoms with van der Waals surface area (Å²) in [6.45, 7) is 23.5. The number of hydrogen-bond acceptors (Lipinski definition) is 10. The van der Waals surface area contributed by atoms with Gasteiger partial charge in [0, 0.05) is 18.0 Å². The summed E-state index contributed by atoms with van der Waals surface area (Å²) in [6.07, 6.45) is 1.32. The van der Waals surface area contributed by atoms with Crippen LogP contribution in [0.1, 0.15) is 114 Å². The summed E-state index contributed by atoms with van der Waals surface area (Å²) in [7, 11) is 0. The fourth-order valence-corrected chi connectivity index (χ4v) is 6.70. The number of aliphatic carboxylic acids is 1. The van der Waals surface area contributed by atoms with Crippen molar-refractivity contribution in [3.05, 3.63) is 65.9 Å². The van der Waals surface area contributed by atoms with Gasteiger partial charge >= 0.3 is 12.1 Å². The van der Waals surface area contributed by atoms with Crippen molar-refractivity contribution in [2.45, 2.75) is 163 Å². The lowest BCUT2D eigenvalue weighted by molar-refractivity contribution is -0.143. The average Bonchev–Trinajstić information content (AvgIpc) is 3.52. The second kappa shape index (κ2) is 22.4. The van der Waals surface area contributed by atoms with Gasteiger partial charge in [-0.3, -0.25) is 23.7 Å². The number of rotatable bonds is 20. The largest absolute Gasteiger partial charge is 0.488 e. The number of nitrogens with zero attached hydrogens (tertiary/aromatic N) is 1. The number of carbonyl (C=O) groups excluding carboxylic acids is 5. The summed E-state index contributed by atoms with van der Waals surface area (Å²) in [5, 5.41) is 21.4. The maximum absolute atomic E-state index is 14.3. The zero-order chi connectivity index (χ0) is 48.3. The quantitative estimate of drug-likeness (QED) is 0.0813. The molecule has 0 saturated carbocycles. The first-order valence-electron chi connectivity index (χ1n) is 22.0. The molecule has 0 bridgehead atoms. The molecule has 16 nitrogen and oxygen atoms in total. The second-order valence-electron chi connectivity index (χ2n) is 20.2. The molecule has 3 aromatic rings. The highest BCUT2D eigenvalue weighted by Crippen LogP contribution is 2.24. The molecule has 0 spiro atoms. The molecule has 16 heteroatoms. The molecule has 1 heterocycles. The molecule has 0 aliphatic rings. The van der Waals surface area contributed by atoms with Gasteiger partial charge in [-0.05, 0) is 123 Å². The van der Waals surface area contributed by atoms with Gasteiger partial charge in [-0.1, -0.05) is 58.0 Å². The molecule has 3 rings (SSSR count). The van der Waals surface area contributed by atoms with Crippen LogP contribution in [0.4, 0.5) is 4.79 Å². The van der Waals surface area contributed by atoms with E-state index in [0.717, 1.165) is 0 Å². The van der Waals surface area contributed by atoms with Crippen LogP contribution in [0.3, 0.4) is 0 Å². The summed E-state index contributed by atoms with van der Waals surface area (Å²) < 4.78 is 18.9. The van der Waals surface area contributed by atoms with Crippen molar-refractivity contribution < 1.29 is 48.1 Å². The lowest BCUT2D eigenvalue weighted by atomic mass is 9.99. The Morgan fingerprint density at radius 3 is 1.70 bits per heavy atom. The van der Waals surface area contributed by atoms with E-state index in [-0.39, 0.29) is 44.1 Å². The Kier molecular flexibility index (Phi) is 18.5. The highest BCUT2D eigenvalue weighted by atomic mass is 16.6. The van der Waals surface area contributed by atoms with Gasteiger partial charge in [-0.15, -0.1) is 0 Å². The van der Waals surface area contributed by atoms with Gasteiger partial charge in [-0.25, -0.2) is 9.59 Å². The van der Waals surface area contributed by atoms with Crippen LogP contribution in [0, 0.1) is 11.8 Å². The molecule has 0 unspecified atom stereocenters. The molecule has 0 saturated heterocycles. The highest BCUT2D eigenvalue weighted by molar-refractivity contribution is 5.96. The predicted molar refractivity (Wildman–Crippen MR) is 246 cm³/mol. The van der Waals surface area contributed by atoms with Crippen LogP contribution in [0.2, 0.25) is 0 Å². The van der Waals surface area contributed by atoms with Crippen LogP contribution in [0.5, 0.6) is 5.75 Å². The van der Waals surface area contributed by atoms with E-state index in [0.29, 0.717) is 27.8 Å². The average molecular weight is 893 g/mol. The molecule has 1 aromatic heterocycles. The minimum atomic E-state index is -1.33. The molecular formula is C48H72N6O10. The Morgan fingerprint density at radius 1 is 0.641 bits per heavy atom. The summed E-state index contributed by atoms with van der Waals surface area (Å²) >= 11 is 0. The van der Waals surface area contributed by atoms with E-state index in [1.807, 2.05) is 54.5 Å². The van der Waals surface area contributed by atoms with Gasteiger partial charge in [0.05, 0.1) is 23.8 Å². The normalized spacial score (nSPS) is 14.6. The fourth-order valence-electron chi connectivity index (χ4n) is 6.70. The van der Waals surface area contributed by atoms with Crippen LogP contribution in [-0.2, 0) is 46.3 Å². The van der Waals surface area contributed by atoms with Crippen molar-refractivity contribution in [2.24, 2.45) is 17.6 Å². The Hall–Kier alpha value is -5.48. The Labute approximate surface area is 378 Å². The minimum Gasteiger partial charge on any atom is -0.488 e. The number of carboxylic acid groups (broad SMARTS) is 1. The monoisotopic (exact) mass is 893 g/mol. The zero-order valence-electron chi connectivity index (χ0n) is 39.9. The topological polar surface area (TPSA) is 229 Å². The van der Waals surface area contributed by atoms with E-state index in [2.05, 4.69) is 21.3 Å². The Morgan fingerprint density at radius 2 is 1.16 bits per heavy atom. The molecule has 7 N–H and O–H groups in total. The van der Waals surface area contributed by atoms with Gasteiger partial charge in [0.1, 0.15) is 41.1 Å². The number of ether oxygens (including phenoxy) is 3. The van der Waals surface area contributed by atoms with Crippen LogP contribution >= 0.6 is 0 Å². The van der Waals surface area contributed by atoms with E-state index >= 15 is 0 Å². The number of fused-ring (bicyclic) bond motifs is 1. The fraction of sp³-hybridized carbons (Fsp3) is 0.583. The number of carbonyl (C=O) groups is 6. The van der Waals surface area contributed by atoms with Crippen LogP contribution < -0.4 is 31.7 Å². The number of benzene rings is 2. The highest BCUT2D eigenvalue weighted by Gasteiger charge is 2.34. The standard InChI is InChI=1S/C48H72N6O10/c1-28(2)22-35(41(56)52-37(44(59)60)23-29(3)4)50-42(57)36(24-30-18-20-32(21-19-30)63-47(8,9)10)51-43(58)38(27-62-46(5,6)7)53-40(55)34(49)25-31-26-54(45(61)64-48(11,12)13)39-17-15-14-16-33(31)39/h14-21,26,28-29,34-38H,22-25,27,49H2,1-13H3,(H,50,57)(H,51,58)(H,52,56)(H,53,55)(H,59,60)/t34-,35+,36-,37-,38-/m0/s1. The van der Waals surface area contributed by atoms with Crippen LogP contribution in [-0.4, -0.2) is 99.0 Å². The molecule has 2 aromatic carbocycles. The molecule has 0 aliphatic heterocycles. The smallest absolute Gasteiger partial charge is 0.419 e. The van der Waals surface area contributed by atoms with Crippen molar-refractivity contribution in [1.29, 1.82) is 0 Å². The van der Waals surface area contributed by atoms with Crippen molar-refractivity contribution >= 4 is 46.6 Å². The molecule has 0 radical (unpaired) electrons. The third-order valence-corrected chi connectivity index (χ3v) is 9.56. The summed E-state index contributed by atoms with van der Waals surface area (Å²) in [5.74, 6) is -3.54. The molecule has 0 fully saturated rings. The van der Waals surface area contributed by atoms with Gasteiger partial charge in [0.25, 0.3) is 0 Å².